The summed E-state index contributed by atoms with van der Waals surface area (Å²) in [5, 5.41) is 5.32. The molecule has 0 aliphatic rings. The fraction of sp³-hybridized carbons (Fsp3) is 0. The minimum atomic E-state index is 0.791. The standard InChI is InChI=1S/C11H8N2S2/c12-8-1-2-10-9(5-8)11(13-15-10)7-3-4-14-6-7/h1-6H,12H2. The van der Waals surface area contributed by atoms with Crippen LogP contribution in [0.25, 0.3) is 21.3 Å². The Labute approximate surface area is 95.2 Å². The fourth-order valence-electron chi connectivity index (χ4n) is 1.56. The first kappa shape index (κ1) is 8.88. The van der Waals surface area contributed by atoms with Crippen LogP contribution in [-0.4, -0.2) is 4.37 Å². The number of anilines is 1. The summed E-state index contributed by atoms with van der Waals surface area (Å²) in [4.78, 5) is 0. The van der Waals surface area contributed by atoms with Gasteiger partial charge in [-0.1, -0.05) is 0 Å². The van der Waals surface area contributed by atoms with Gasteiger partial charge in [-0.2, -0.15) is 15.7 Å². The van der Waals surface area contributed by atoms with Crippen molar-refractivity contribution in [2.24, 2.45) is 0 Å². The van der Waals surface area contributed by atoms with Crippen molar-refractivity contribution in [1.29, 1.82) is 0 Å². The molecule has 4 heteroatoms. The average molecular weight is 232 g/mol. The van der Waals surface area contributed by atoms with Crippen molar-refractivity contribution in [2.75, 3.05) is 5.73 Å². The fourth-order valence-corrected chi connectivity index (χ4v) is 2.98. The highest BCUT2D eigenvalue weighted by Crippen LogP contribution is 2.32. The Morgan fingerprint density at radius 3 is 2.93 bits per heavy atom. The summed E-state index contributed by atoms with van der Waals surface area (Å²) >= 11 is 3.20. The Morgan fingerprint density at radius 1 is 1.20 bits per heavy atom. The first-order chi connectivity index (χ1) is 7.34. The zero-order valence-corrected chi connectivity index (χ0v) is 9.44. The van der Waals surface area contributed by atoms with Gasteiger partial charge in [-0.05, 0) is 41.2 Å². The Hall–Kier alpha value is -1.39. The van der Waals surface area contributed by atoms with Gasteiger partial charge in [-0.3, -0.25) is 0 Å². The van der Waals surface area contributed by atoms with Crippen molar-refractivity contribution < 1.29 is 0 Å². The Bertz CT molecular complexity index is 596. The predicted octanol–water partition coefficient (Wildman–Crippen LogP) is 3.61. The van der Waals surface area contributed by atoms with Crippen molar-refractivity contribution in [2.45, 2.75) is 0 Å². The topological polar surface area (TPSA) is 38.9 Å². The van der Waals surface area contributed by atoms with Gasteiger partial charge in [0.25, 0.3) is 0 Å². The lowest BCUT2D eigenvalue weighted by molar-refractivity contribution is 1.58. The monoisotopic (exact) mass is 232 g/mol. The second-order valence-corrected chi connectivity index (χ2v) is 4.88. The van der Waals surface area contributed by atoms with E-state index in [1.807, 2.05) is 18.2 Å². The minimum Gasteiger partial charge on any atom is -0.399 e. The van der Waals surface area contributed by atoms with E-state index in [2.05, 4.69) is 21.2 Å². The van der Waals surface area contributed by atoms with Crippen molar-refractivity contribution in [3.8, 4) is 11.3 Å². The van der Waals surface area contributed by atoms with E-state index in [1.165, 1.54) is 21.8 Å². The van der Waals surface area contributed by atoms with Crippen LogP contribution in [-0.2, 0) is 0 Å². The Kier molecular flexibility index (Phi) is 1.97. The molecule has 1 aromatic carbocycles. The molecule has 0 atom stereocenters. The number of aromatic nitrogens is 1. The summed E-state index contributed by atoms with van der Waals surface area (Å²) in [6.45, 7) is 0. The highest BCUT2D eigenvalue weighted by Gasteiger charge is 2.08. The van der Waals surface area contributed by atoms with Gasteiger partial charge in [0.1, 0.15) is 0 Å². The Morgan fingerprint density at radius 2 is 2.13 bits per heavy atom. The number of hydrogen-bond acceptors (Lipinski definition) is 4. The number of nitrogens with two attached hydrogens (primary N) is 1. The van der Waals surface area contributed by atoms with Crippen molar-refractivity contribution in [3.05, 3.63) is 35.0 Å². The maximum absolute atomic E-state index is 5.78. The summed E-state index contributed by atoms with van der Waals surface area (Å²) < 4.78 is 5.66. The molecule has 0 fully saturated rings. The molecule has 0 aliphatic carbocycles. The predicted molar refractivity (Wildman–Crippen MR) is 67.3 cm³/mol. The molecular weight excluding hydrogens is 224 g/mol. The molecule has 74 valence electrons. The maximum atomic E-state index is 5.78. The summed E-state index contributed by atoms with van der Waals surface area (Å²) in [7, 11) is 0. The second-order valence-electron chi connectivity index (χ2n) is 3.30. The SMILES string of the molecule is Nc1ccc2snc(-c3ccsc3)c2c1. The van der Waals surface area contributed by atoms with Gasteiger partial charge in [-0.25, -0.2) is 0 Å². The molecule has 3 rings (SSSR count). The molecule has 2 nitrogen and oxygen atoms in total. The van der Waals surface area contributed by atoms with Crippen molar-refractivity contribution in [3.63, 3.8) is 0 Å². The Balaban J connectivity index is 2.32. The molecule has 0 unspecified atom stereocenters. The number of rotatable bonds is 1. The molecule has 0 radical (unpaired) electrons. The zero-order chi connectivity index (χ0) is 10.3. The zero-order valence-electron chi connectivity index (χ0n) is 7.81. The van der Waals surface area contributed by atoms with Crippen LogP contribution in [0.5, 0.6) is 0 Å². The summed E-state index contributed by atoms with van der Waals surface area (Å²) in [6, 6.07) is 8.02. The van der Waals surface area contributed by atoms with Crippen LogP contribution in [0.3, 0.4) is 0 Å². The molecule has 15 heavy (non-hydrogen) atoms. The van der Waals surface area contributed by atoms with E-state index in [0.29, 0.717) is 0 Å². The van der Waals surface area contributed by atoms with Crippen LogP contribution in [0.15, 0.2) is 35.0 Å². The van der Waals surface area contributed by atoms with Gasteiger partial charge in [0.2, 0.25) is 0 Å². The van der Waals surface area contributed by atoms with Crippen LogP contribution < -0.4 is 5.73 Å². The second kappa shape index (κ2) is 3.32. The van der Waals surface area contributed by atoms with E-state index in [1.54, 1.807) is 11.3 Å². The largest absolute Gasteiger partial charge is 0.399 e. The number of nitrogens with zero attached hydrogens (tertiary/aromatic N) is 1. The maximum Gasteiger partial charge on any atom is 0.0928 e. The minimum absolute atomic E-state index is 0.791. The van der Waals surface area contributed by atoms with Gasteiger partial charge in [0, 0.05) is 22.0 Å². The van der Waals surface area contributed by atoms with E-state index in [9.17, 15) is 0 Å². The lowest BCUT2D eigenvalue weighted by Crippen LogP contribution is -1.82. The van der Waals surface area contributed by atoms with Crippen LogP contribution in [0.4, 0.5) is 5.69 Å². The van der Waals surface area contributed by atoms with E-state index in [4.69, 9.17) is 5.73 Å². The van der Waals surface area contributed by atoms with Gasteiger partial charge >= 0.3 is 0 Å². The van der Waals surface area contributed by atoms with E-state index < -0.39 is 0 Å². The molecule has 3 aromatic rings. The normalized spacial score (nSPS) is 10.9. The van der Waals surface area contributed by atoms with Gasteiger partial charge < -0.3 is 5.73 Å². The van der Waals surface area contributed by atoms with E-state index in [-0.39, 0.29) is 0 Å². The molecular formula is C11H8N2S2. The van der Waals surface area contributed by atoms with Gasteiger partial charge in [0.05, 0.1) is 10.4 Å². The molecule has 2 heterocycles. The molecule has 0 saturated heterocycles. The molecule has 0 aliphatic heterocycles. The summed E-state index contributed by atoms with van der Waals surface area (Å²) in [6.07, 6.45) is 0. The first-order valence-electron chi connectivity index (χ1n) is 4.52. The van der Waals surface area contributed by atoms with Crippen LogP contribution in [0.1, 0.15) is 0 Å². The van der Waals surface area contributed by atoms with E-state index in [0.717, 1.165) is 16.8 Å². The highest BCUT2D eigenvalue weighted by atomic mass is 32.1. The van der Waals surface area contributed by atoms with Crippen molar-refractivity contribution >= 4 is 38.6 Å². The summed E-state index contributed by atoms with van der Waals surface area (Å²) in [5.74, 6) is 0. The third kappa shape index (κ3) is 1.42. The van der Waals surface area contributed by atoms with E-state index >= 15 is 0 Å². The molecule has 0 bridgehead atoms. The third-order valence-corrected chi connectivity index (χ3v) is 3.80. The van der Waals surface area contributed by atoms with Crippen LogP contribution in [0, 0.1) is 0 Å². The van der Waals surface area contributed by atoms with Crippen molar-refractivity contribution in [1.82, 2.24) is 4.37 Å². The average Bonchev–Trinajstić information content (AvgIpc) is 2.83. The number of hydrogen-bond donors (Lipinski definition) is 1. The van der Waals surface area contributed by atoms with Crippen LogP contribution >= 0.6 is 22.9 Å². The number of fused-ring (bicyclic) bond motifs is 1. The molecule has 2 aromatic heterocycles. The molecule has 0 spiro atoms. The smallest absolute Gasteiger partial charge is 0.0928 e. The number of benzene rings is 1. The molecule has 2 N–H and O–H groups in total. The number of nitrogen functional groups attached to an aromatic ring is 1. The summed E-state index contributed by atoms with van der Waals surface area (Å²) in [5.41, 5.74) is 8.80. The lowest BCUT2D eigenvalue weighted by atomic mass is 10.1. The van der Waals surface area contributed by atoms with Crippen LogP contribution in [0.2, 0.25) is 0 Å². The van der Waals surface area contributed by atoms with Gasteiger partial charge in [0.15, 0.2) is 0 Å². The number of thiophene rings is 1. The first-order valence-corrected chi connectivity index (χ1v) is 6.24. The third-order valence-electron chi connectivity index (χ3n) is 2.29. The molecule has 0 amide bonds. The highest BCUT2D eigenvalue weighted by molar-refractivity contribution is 7.13. The molecule has 0 saturated carbocycles. The lowest BCUT2D eigenvalue weighted by Gasteiger charge is -1.95. The van der Waals surface area contributed by atoms with Gasteiger partial charge in [-0.15, -0.1) is 0 Å². The quantitative estimate of drug-likeness (QED) is 0.651.